The van der Waals surface area contributed by atoms with Gasteiger partial charge in [-0.25, -0.2) is 8.42 Å². The van der Waals surface area contributed by atoms with Gasteiger partial charge in [-0.05, 0) is 59.7 Å². The highest BCUT2D eigenvalue weighted by molar-refractivity contribution is 7.89. The average Bonchev–Trinajstić information content (AvgIpc) is 2.78. The summed E-state index contributed by atoms with van der Waals surface area (Å²) in [6.45, 7) is 9.59. The predicted molar refractivity (Wildman–Crippen MR) is 143 cm³/mol. The van der Waals surface area contributed by atoms with Crippen LogP contribution in [0.25, 0.3) is 11.1 Å². The Hall–Kier alpha value is -3.49. The predicted octanol–water partition coefficient (Wildman–Crippen LogP) is 5.26. The number of sulfonamides is 1. The van der Waals surface area contributed by atoms with E-state index in [4.69, 9.17) is 0 Å². The molecule has 3 aromatic rings. The van der Waals surface area contributed by atoms with E-state index in [9.17, 15) is 23.1 Å². The molecule has 3 N–H and O–H groups in total. The summed E-state index contributed by atoms with van der Waals surface area (Å²) >= 11 is 0. The fourth-order valence-electron chi connectivity index (χ4n) is 3.34. The topological polar surface area (TPSA) is 113 Å². The molecule has 0 heterocycles. The van der Waals surface area contributed by atoms with E-state index in [1.807, 2.05) is 30.3 Å². The van der Waals surface area contributed by atoms with Crippen LogP contribution < -0.4 is 10.0 Å². The first-order chi connectivity index (χ1) is 16.9. The van der Waals surface area contributed by atoms with Crippen LogP contribution in [0.5, 0.6) is 0 Å². The van der Waals surface area contributed by atoms with Gasteiger partial charge < -0.3 is 10.4 Å². The van der Waals surface area contributed by atoms with Gasteiger partial charge in [0.15, 0.2) is 0 Å². The lowest BCUT2D eigenvalue weighted by atomic mass is 10.0. The van der Waals surface area contributed by atoms with Crippen LogP contribution in [0.1, 0.15) is 38.8 Å². The molecule has 1 amide bonds. The molecule has 36 heavy (non-hydrogen) atoms. The lowest BCUT2D eigenvalue weighted by molar-refractivity contribution is -0.138. The van der Waals surface area contributed by atoms with Gasteiger partial charge in [-0.3, -0.25) is 9.59 Å². The van der Waals surface area contributed by atoms with Crippen LogP contribution in [0.4, 0.5) is 5.69 Å². The molecule has 0 saturated heterocycles. The summed E-state index contributed by atoms with van der Waals surface area (Å²) in [7, 11) is -3.99. The first kappa shape index (κ1) is 28.7. The van der Waals surface area contributed by atoms with Gasteiger partial charge in [0.25, 0.3) is 0 Å². The molecule has 7 nitrogen and oxygen atoms in total. The van der Waals surface area contributed by atoms with Crippen LogP contribution in [0, 0.1) is 12.8 Å². The van der Waals surface area contributed by atoms with E-state index in [-0.39, 0.29) is 17.2 Å². The van der Waals surface area contributed by atoms with Gasteiger partial charge in [0.05, 0.1) is 4.90 Å². The summed E-state index contributed by atoms with van der Waals surface area (Å²) in [6, 6.07) is 19.6. The Morgan fingerprint density at radius 2 is 1.50 bits per heavy atom. The fourth-order valence-corrected chi connectivity index (χ4v) is 4.77. The number of hydrogen-bond acceptors (Lipinski definition) is 4. The standard InChI is InChI=1S/C24H24N2O5S.C4H10/c1-16-6-3-4-9-23(16)32(30,31)26-22(24(28)29)14-18-10-12-19(13-11-18)20-7-5-8-21(15-20)25-17(2)27;1-4(2)3/h3-13,15,22,26H,14H2,1-2H3,(H,25,27)(H,28,29);4H,1-3H3. The molecular formula is C28H34N2O5S. The fraction of sp³-hybridized carbons (Fsp3) is 0.286. The molecule has 0 aromatic heterocycles. The van der Waals surface area contributed by atoms with Crippen molar-refractivity contribution in [1.29, 1.82) is 0 Å². The van der Waals surface area contributed by atoms with Gasteiger partial charge in [-0.15, -0.1) is 0 Å². The van der Waals surface area contributed by atoms with Crippen LogP contribution in [-0.2, 0) is 26.0 Å². The molecule has 0 fully saturated rings. The number of nitrogens with one attached hydrogen (secondary N) is 2. The first-order valence-corrected chi connectivity index (χ1v) is 13.1. The minimum absolute atomic E-state index is 0.00729. The van der Waals surface area contributed by atoms with E-state index in [0.29, 0.717) is 16.8 Å². The van der Waals surface area contributed by atoms with Crippen molar-refractivity contribution < 1.29 is 23.1 Å². The number of aliphatic carboxylic acids is 1. The third kappa shape index (κ3) is 8.94. The Labute approximate surface area is 213 Å². The summed E-state index contributed by atoms with van der Waals surface area (Å²) in [4.78, 5) is 23.1. The number of carboxylic acid groups (broad SMARTS) is 1. The van der Waals surface area contributed by atoms with Crippen molar-refractivity contribution in [2.75, 3.05) is 5.32 Å². The van der Waals surface area contributed by atoms with Gasteiger partial charge in [0.1, 0.15) is 6.04 Å². The molecule has 1 unspecified atom stereocenters. The van der Waals surface area contributed by atoms with Gasteiger partial charge in [0, 0.05) is 12.6 Å². The maximum Gasteiger partial charge on any atom is 0.322 e. The Bertz CT molecular complexity index is 1280. The highest BCUT2D eigenvalue weighted by atomic mass is 32.2. The molecule has 192 valence electrons. The van der Waals surface area contributed by atoms with Gasteiger partial charge in [-0.1, -0.05) is 75.4 Å². The lowest BCUT2D eigenvalue weighted by Crippen LogP contribution is -2.42. The number of anilines is 1. The summed E-state index contributed by atoms with van der Waals surface area (Å²) in [5.41, 5.74) is 3.66. The zero-order chi connectivity index (χ0) is 26.9. The summed E-state index contributed by atoms with van der Waals surface area (Å²) in [5, 5.41) is 12.3. The van der Waals surface area contributed by atoms with Crippen molar-refractivity contribution in [1.82, 2.24) is 4.72 Å². The first-order valence-electron chi connectivity index (χ1n) is 11.7. The second-order valence-corrected chi connectivity index (χ2v) is 10.9. The quantitative estimate of drug-likeness (QED) is 0.383. The van der Waals surface area contributed by atoms with E-state index in [1.54, 1.807) is 43.3 Å². The molecular weight excluding hydrogens is 476 g/mol. The van der Waals surface area contributed by atoms with Crippen molar-refractivity contribution in [2.45, 2.75) is 52.0 Å². The van der Waals surface area contributed by atoms with E-state index in [1.165, 1.54) is 13.0 Å². The van der Waals surface area contributed by atoms with Crippen molar-refractivity contribution in [2.24, 2.45) is 5.92 Å². The maximum atomic E-state index is 12.7. The number of hydrogen-bond donors (Lipinski definition) is 3. The zero-order valence-electron chi connectivity index (χ0n) is 21.3. The summed E-state index contributed by atoms with van der Waals surface area (Å²) in [5.74, 6) is -0.584. The second-order valence-electron chi connectivity index (χ2n) is 9.17. The largest absolute Gasteiger partial charge is 0.480 e. The van der Waals surface area contributed by atoms with Gasteiger partial charge in [-0.2, -0.15) is 4.72 Å². The zero-order valence-corrected chi connectivity index (χ0v) is 22.1. The van der Waals surface area contributed by atoms with Crippen LogP contribution in [0.2, 0.25) is 0 Å². The third-order valence-electron chi connectivity index (χ3n) is 4.89. The minimum Gasteiger partial charge on any atom is -0.480 e. The molecule has 0 aliphatic rings. The van der Waals surface area contributed by atoms with Gasteiger partial charge >= 0.3 is 5.97 Å². The smallest absolute Gasteiger partial charge is 0.322 e. The molecule has 0 bridgehead atoms. The molecule has 3 rings (SSSR count). The number of carboxylic acids is 1. The number of carbonyl (C=O) groups excluding carboxylic acids is 1. The van der Waals surface area contributed by atoms with Crippen LogP contribution >= 0.6 is 0 Å². The molecule has 1 atom stereocenters. The Morgan fingerprint density at radius 3 is 2.06 bits per heavy atom. The van der Waals surface area contributed by atoms with Crippen LogP contribution in [0.3, 0.4) is 0 Å². The number of rotatable bonds is 8. The molecule has 3 aromatic carbocycles. The highest BCUT2D eigenvalue weighted by Gasteiger charge is 2.26. The number of aryl methyl sites for hydroxylation is 1. The average molecular weight is 511 g/mol. The number of carbonyl (C=O) groups is 2. The molecule has 0 radical (unpaired) electrons. The van der Waals surface area contributed by atoms with Crippen molar-refractivity contribution in [3.63, 3.8) is 0 Å². The summed E-state index contributed by atoms with van der Waals surface area (Å²) in [6.07, 6.45) is -0.00729. The van der Waals surface area contributed by atoms with Crippen LogP contribution in [0.15, 0.2) is 77.7 Å². The Balaban J connectivity index is 0.00000106. The number of amides is 1. The van der Waals surface area contributed by atoms with Crippen molar-refractivity contribution in [3.8, 4) is 11.1 Å². The van der Waals surface area contributed by atoms with Gasteiger partial charge in [0.2, 0.25) is 15.9 Å². The van der Waals surface area contributed by atoms with E-state index in [2.05, 4.69) is 30.8 Å². The molecule has 0 aliphatic carbocycles. The minimum atomic E-state index is -3.99. The van der Waals surface area contributed by atoms with E-state index in [0.717, 1.165) is 17.0 Å². The monoisotopic (exact) mass is 510 g/mol. The Kier molecular flexibility index (Phi) is 10.4. The molecule has 0 spiro atoms. The second kappa shape index (κ2) is 13.0. The lowest BCUT2D eigenvalue weighted by Gasteiger charge is -2.16. The molecule has 8 heteroatoms. The number of benzene rings is 3. The SMILES string of the molecule is CC(=O)Nc1cccc(-c2ccc(CC(NS(=O)(=O)c3ccccc3C)C(=O)O)cc2)c1.CC(C)C. The molecule has 0 saturated carbocycles. The Morgan fingerprint density at radius 1 is 0.889 bits per heavy atom. The van der Waals surface area contributed by atoms with Crippen molar-refractivity contribution in [3.05, 3.63) is 83.9 Å². The normalized spacial score (nSPS) is 11.8. The van der Waals surface area contributed by atoms with E-state index >= 15 is 0 Å². The van der Waals surface area contributed by atoms with Crippen molar-refractivity contribution >= 4 is 27.6 Å². The highest BCUT2D eigenvalue weighted by Crippen LogP contribution is 2.24. The third-order valence-corrected chi connectivity index (χ3v) is 6.52. The maximum absolute atomic E-state index is 12.7. The molecule has 0 aliphatic heterocycles. The summed E-state index contributed by atoms with van der Waals surface area (Å²) < 4.78 is 27.7. The van der Waals surface area contributed by atoms with E-state index < -0.39 is 22.0 Å². The van der Waals surface area contributed by atoms with Crippen LogP contribution in [-0.4, -0.2) is 31.4 Å².